The second kappa shape index (κ2) is 9.89. The number of hydrogen-bond donors (Lipinski definition) is 3. The largest absolute Gasteiger partial charge is 0.465 e. The van der Waals surface area contributed by atoms with Crippen molar-refractivity contribution in [2.75, 3.05) is 20.2 Å². The molecule has 0 aromatic carbocycles. The average Bonchev–Trinajstić information content (AvgIpc) is 2.34. The quantitative estimate of drug-likeness (QED) is 0.241. The standard InChI is InChI=1S/C11H24N4O2/c1-3-4-8-17-10(16)9(12)6-5-7-15-11(13)14-2/h9H,3-8,12H2,1-2H3,(H3,13,14,15)/t9-/m0/s1. The van der Waals surface area contributed by atoms with Gasteiger partial charge in [0.1, 0.15) is 6.04 Å². The molecule has 0 fully saturated rings. The Bertz CT molecular complexity index is 244. The number of nitrogens with zero attached hydrogens (tertiary/aromatic N) is 1. The highest BCUT2D eigenvalue weighted by Gasteiger charge is 2.13. The van der Waals surface area contributed by atoms with Crippen molar-refractivity contribution < 1.29 is 9.53 Å². The van der Waals surface area contributed by atoms with Crippen molar-refractivity contribution in [3.63, 3.8) is 0 Å². The third-order valence-corrected chi connectivity index (χ3v) is 2.28. The highest BCUT2D eigenvalue weighted by atomic mass is 16.5. The van der Waals surface area contributed by atoms with Gasteiger partial charge in [-0.05, 0) is 19.3 Å². The molecular weight excluding hydrogens is 220 g/mol. The molecule has 0 spiro atoms. The summed E-state index contributed by atoms with van der Waals surface area (Å²) >= 11 is 0. The van der Waals surface area contributed by atoms with Gasteiger partial charge < -0.3 is 21.5 Å². The first-order valence-electron chi connectivity index (χ1n) is 6.00. The highest BCUT2D eigenvalue weighted by molar-refractivity contribution is 5.77. The van der Waals surface area contributed by atoms with E-state index in [1.165, 1.54) is 0 Å². The second-order valence-electron chi connectivity index (χ2n) is 3.81. The zero-order valence-electron chi connectivity index (χ0n) is 10.7. The van der Waals surface area contributed by atoms with Crippen LogP contribution in [0.15, 0.2) is 4.99 Å². The van der Waals surface area contributed by atoms with E-state index >= 15 is 0 Å². The maximum absolute atomic E-state index is 11.4. The summed E-state index contributed by atoms with van der Waals surface area (Å²) in [5.41, 5.74) is 11.1. The molecule has 0 bridgehead atoms. The second-order valence-corrected chi connectivity index (χ2v) is 3.81. The maximum atomic E-state index is 11.4. The Morgan fingerprint density at radius 3 is 2.76 bits per heavy atom. The topological polar surface area (TPSA) is 103 Å². The molecule has 0 rings (SSSR count). The van der Waals surface area contributed by atoms with Crippen LogP contribution in [0.4, 0.5) is 0 Å². The van der Waals surface area contributed by atoms with E-state index in [2.05, 4.69) is 10.3 Å². The van der Waals surface area contributed by atoms with Gasteiger partial charge in [0.05, 0.1) is 6.61 Å². The van der Waals surface area contributed by atoms with E-state index < -0.39 is 6.04 Å². The van der Waals surface area contributed by atoms with Gasteiger partial charge in [0.25, 0.3) is 0 Å². The van der Waals surface area contributed by atoms with Gasteiger partial charge in [0.15, 0.2) is 5.96 Å². The SMILES string of the molecule is CCCCOC(=O)[C@@H](N)CCCNC(N)=NC. The number of ether oxygens (including phenoxy) is 1. The van der Waals surface area contributed by atoms with Crippen molar-refractivity contribution in [1.82, 2.24) is 5.32 Å². The Labute approximate surface area is 103 Å². The normalized spacial score (nSPS) is 13.2. The van der Waals surface area contributed by atoms with Gasteiger partial charge in [-0.15, -0.1) is 0 Å². The average molecular weight is 244 g/mol. The molecule has 100 valence electrons. The summed E-state index contributed by atoms with van der Waals surface area (Å²) in [6.45, 7) is 3.15. The molecule has 0 aliphatic heterocycles. The van der Waals surface area contributed by atoms with Crippen LogP contribution in [0.1, 0.15) is 32.6 Å². The van der Waals surface area contributed by atoms with Crippen molar-refractivity contribution in [2.24, 2.45) is 16.5 Å². The molecule has 17 heavy (non-hydrogen) atoms. The Hall–Kier alpha value is -1.30. The van der Waals surface area contributed by atoms with Gasteiger partial charge >= 0.3 is 5.97 Å². The van der Waals surface area contributed by atoms with Gasteiger partial charge in [-0.25, -0.2) is 0 Å². The molecule has 0 aromatic rings. The summed E-state index contributed by atoms with van der Waals surface area (Å²) < 4.78 is 5.01. The molecule has 0 amide bonds. The number of guanidine groups is 1. The lowest BCUT2D eigenvalue weighted by Gasteiger charge is -2.11. The van der Waals surface area contributed by atoms with Gasteiger partial charge in [-0.1, -0.05) is 13.3 Å². The first kappa shape index (κ1) is 15.7. The molecule has 1 atom stereocenters. The van der Waals surface area contributed by atoms with Gasteiger partial charge in [-0.2, -0.15) is 0 Å². The first-order valence-corrected chi connectivity index (χ1v) is 6.00. The Morgan fingerprint density at radius 1 is 1.47 bits per heavy atom. The fourth-order valence-corrected chi connectivity index (χ4v) is 1.16. The number of aliphatic imine (C=N–C) groups is 1. The summed E-state index contributed by atoms with van der Waals surface area (Å²) in [6, 6.07) is -0.548. The fraction of sp³-hybridized carbons (Fsp3) is 0.818. The minimum absolute atomic E-state index is 0.324. The monoisotopic (exact) mass is 244 g/mol. The third-order valence-electron chi connectivity index (χ3n) is 2.28. The number of hydrogen-bond acceptors (Lipinski definition) is 4. The summed E-state index contributed by atoms with van der Waals surface area (Å²) in [6.07, 6.45) is 3.21. The molecule has 0 saturated heterocycles. The summed E-state index contributed by atoms with van der Waals surface area (Å²) in [5, 5.41) is 2.90. The minimum Gasteiger partial charge on any atom is -0.465 e. The van der Waals surface area contributed by atoms with Crippen molar-refractivity contribution in [3.05, 3.63) is 0 Å². The van der Waals surface area contributed by atoms with Crippen LogP contribution in [0.3, 0.4) is 0 Å². The van der Waals surface area contributed by atoms with Crippen LogP contribution in [0.25, 0.3) is 0 Å². The predicted octanol–water partition coefficient (Wildman–Crippen LogP) is -0.0287. The van der Waals surface area contributed by atoms with E-state index in [1.807, 2.05) is 6.92 Å². The van der Waals surface area contributed by atoms with Crippen LogP contribution < -0.4 is 16.8 Å². The minimum atomic E-state index is -0.548. The molecular formula is C11H24N4O2. The van der Waals surface area contributed by atoms with Crippen LogP contribution >= 0.6 is 0 Å². The predicted molar refractivity (Wildman–Crippen MR) is 68.6 cm³/mol. The smallest absolute Gasteiger partial charge is 0.322 e. The number of carbonyl (C=O) groups excluding carboxylic acids is 1. The van der Waals surface area contributed by atoms with E-state index in [1.54, 1.807) is 7.05 Å². The third kappa shape index (κ3) is 8.50. The van der Waals surface area contributed by atoms with Crippen molar-refractivity contribution in [1.29, 1.82) is 0 Å². The molecule has 0 aromatic heterocycles. The van der Waals surface area contributed by atoms with Crippen LogP contribution in [0.5, 0.6) is 0 Å². The molecule has 0 unspecified atom stereocenters. The number of nitrogens with one attached hydrogen (secondary N) is 1. The Balaban J connectivity index is 3.57. The van der Waals surface area contributed by atoms with E-state index in [0.29, 0.717) is 25.5 Å². The summed E-state index contributed by atoms with van der Waals surface area (Å²) in [7, 11) is 1.61. The van der Waals surface area contributed by atoms with E-state index in [0.717, 1.165) is 19.3 Å². The fourth-order valence-electron chi connectivity index (χ4n) is 1.16. The van der Waals surface area contributed by atoms with Crippen molar-refractivity contribution >= 4 is 11.9 Å². The molecule has 0 heterocycles. The van der Waals surface area contributed by atoms with Crippen LogP contribution in [-0.2, 0) is 9.53 Å². The van der Waals surface area contributed by atoms with E-state index in [4.69, 9.17) is 16.2 Å². The Morgan fingerprint density at radius 2 is 2.18 bits per heavy atom. The number of unbranched alkanes of at least 4 members (excludes halogenated alkanes) is 1. The van der Waals surface area contributed by atoms with Crippen LogP contribution in [0, 0.1) is 0 Å². The number of esters is 1. The van der Waals surface area contributed by atoms with Crippen molar-refractivity contribution in [3.8, 4) is 0 Å². The summed E-state index contributed by atoms with van der Waals surface area (Å²) in [4.78, 5) is 15.1. The highest BCUT2D eigenvalue weighted by Crippen LogP contribution is 1.98. The number of rotatable bonds is 8. The van der Waals surface area contributed by atoms with Crippen molar-refractivity contribution in [2.45, 2.75) is 38.6 Å². The lowest BCUT2D eigenvalue weighted by Crippen LogP contribution is -2.35. The van der Waals surface area contributed by atoms with E-state index in [-0.39, 0.29) is 5.97 Å². The lowest BCUT2D eigenvalue weighted by molar-refractivity contribution is -0.145. The molecule has 6 heteroatoms. The molecule has 0 radical (unpaired) electrons. The lowest BCUT2D eigenvalue weighted by atomic mass is 10.2. The zero-order valence-corrected chi connectivity index (χ0v) is 10.7. The molecule has 0 aliphatic rings. The van der Waals surface area contributed by atoms with Gasteiger partial charge in [-0.3, -0.25) is 9.79 Å². The summed E-state index contributed by atoms with van der Waals surface area (Å²) in [5.74, 6) is 0.0691. The van der Waals surface area contributed by atoms with Gasteiger partial charge in [0.2, 0.25) is 0 Å². The first-order chi connectivity index (χ1) is 8.11. The number of nitrogens with two attached hydrogens (primary N) is 2. The van der Waals surface area contributed by atoms with Crippen LogP contribution in [0.2, 0.25) is 0 Å². The molecule has 0 aliphatic carbocycles. The number of carbonyl (C=O) groups is 1. The Kier molecular flexibility index (Phi) is 9.14. The molecule has 5 N–H and O–H groups in total. The van der Waals surface area contributed by atoms with E-state index in [9.17, 15) is 4.79 Å². The molecule has 6 nitrogen and oxygen atoms in total. The van der Waals surface area contributed by atoms with Gasteiger partial charge in [0, 0.05) is 13.6 Å². The van der Waals surface area contributed by atoms with Crippen LogP contribution in [-0.4, -0.2) is 38.2 Å². The maximum Gasteiger partial charge on any atom is 0.322 e. The molecule has 0 saturated carbocycles. The zero-order chi connectivity index (χ0) is 13.1.